The molecule has 0 aliphatic heterocycles. The first-order valence-corrected chi connectivity index (χ1v) is 10.8. The molecular formula is C28H24N2O2. The molecular weight excluding hydrogens is 396 g/mol. The van der Waals surface area contributed by atoms with Crippen molar-refractivity contribution in [2.24, 2.45) is 0 Å². The molecule has 1 heterocycles. The van der Waals surface area contributed by atoms with Crippen LogP contribution in [0.25, 0.3) is 32.8 Å². The zero-order valence-corrected chi connectivity index (χ0v) is 17.7. The number of rotatable bonds is 6. The molecule has 0 spiro atoms. The first kappa shape index (κ1) is 20.0. The fourth-order valence-corrected chi connectivity index (χ4v) is 4.24. The van der Waals surface area contributed by atoms with Crippen molar-refractivity contribution in [1.29, 1.82) is 0 Å². The van der Waals surface area contributed by atoms with Gasteiger partial charge >= 0.3 is 0 Å². The van der Waals surface area contributed by atoms with Gasteiger partial charge in [-0.25, -0.2) is 0 Å². The van der Waals surface area contributed by atoms with Crippen LogP contribution in [0.4, 0.5) is 0 Å². The van der Waals surface area contributed by atoms with Crippen LogP contribution in [0.2, 0.25) is 0 Å². The smallest absolute Gasteiger partial charge is 0.251 e. The van der Waals surface area contributed by atoms with E-state index in [0.717, 1.165) is 28.6 Å². The van der Waals surface area contributed by atoms with E-state index in [4.69, 9.17) is 5.11 Å². The Kier molecular flexibility index (Phi) is 5.44. The molecule has 0 bridgehead atoms. The lowest BCUT2D eigenvalue weighted by molar-refractivity contribution is 0.0945. The Morgan fingerprint density at radius 3 is 2.50 bits per heavy atom. The summed E-state index contributed by atoms with van der Waals surface area (Å²) in [5.74, 6) is -0.177. The maximum Gasteiger partial charge on any atom is 0.251 e. The van der Waals surface area contributed by atoms with Crippen LogP contribution in [0.1, 0.15) is 15.9 Å². The van der Waals surface area contributed by atoms with E-state index in [-0.39, 0.29) is 19.1 Å². The molecule has 0 unspecified atom stereocenters. The molecule has 0 aliphatic carbocycles. The fourth-order valence-electron chi connectivity index (χ4n) is 4.24. The van der Waals surface area contributed by atoms with Gasteiger partial charge in [0.05, 0.1) is 6.61 Å². The number of benzene rings is 4. The molecule has 5 aromatic rings. The fraction of sp³-hybridized carbons (Fsp3) is 0.107. The number of nitrogens with one attached hydrogen (secondary N) is 1. The average molecular weight is 421 g/mol. The standard InChI is InChI=1S/C28H24N2O2/c31-16-14-29-28(32)26-8-4-3-7-25(26)23-11-12-27-24(18-23)13-15-30(27)19-20-9-10-21-5-1-2-6-22(21)17-20/h1-13,15,17-18,31H,14,16,19H2,(H,29,32). The Morgan fingerprint density at radius 2 is 1.62 bits per heavy atom. The number of aromatic nitrogens is 1. The molecule has 158 valence electrons. The summed E-state index contributed by atoms with van der Waals surface area (Å²) in [4.78, 5) is 12.5. The number of aliphatic hydroxyl groups is 1. The minimum Gasteiger partial charge on any atom is -0.395 e. The van der Waals surface area contributed by atoms with E-state index in [1.807, 2.05) is 24.3 Å². The molecule has 4 heteroatoms. The molecule has 5 rings (SSSR count). The third-order valence-corrected chi connectivity index (χ3v) is 5.82. The maximum absolute atomic E-state index is 12.5. The Bertz CT molecular complexity index is 1420. The van der Waals surface area contributed by atoms with Crippen molar-refractivity contribution in [3.05, 3.63) is 108 Å². The summed E-state index contributed by atoms with van der Waals surface area (Å²) in [7, 11) is 0. The summed E-state index contributed by atoms with van der Waals surface area (Å²) in [5, 5.41) is 15.4. The van der Waals surface area contributed by atoms with E-state index in [9.17, 15) is 4.79 Å². The highest BCUT2D eigenvalue weighted by Gasteiger charge is 2.13. The molecule has 0 radical (unpaired) electrons. The molecule has 0 atom stereocenters. The second-order valence-corrected chi connectivity index (χ2v) is 7.92. The normalized spacial score (nSPS) is 11.2. The van der Waals surface area contributed by atoms with Crippen LogP contribution in [0.5, 0.6) is 0 Å². The third-order valence-electron chi connectivity index (χ3n) is 5.82. The van der Waals surface area contributed by atoms with Gasteiger partial charge in [-0.05, 0) is 57.8 Å². The van der Waals surface area contributed by atoms with Gasteiger partial charge in [-0.1, -0.05) is 60.7 Å². The Labute approximate surface area is 186 Å². The highest BCUT2D eigenvalue weighted by Crippen LogP contribution is 2.28. The van der Waals surface area contributed by atoms with Crippen molar-refractivity contribution < 1.29 is 9.90 Å². The lowest BCUT2D eigenvalue weighted by Crippen LogP contribution is -2.26. The predicted molar refractivity (Wildman–Crippen MR) is 130 cm³/mol. The average Bonchev–Trinajstić information content (AvgIpc) is 3.24. The summed E-state index contributed by atoms with van der Waals surface area (Å²) in [6.07, 6.45) is 2.11. The van der Waals surface area contributed by atoms with Gasteiger partial charge in [-0.3, -0.25) is 4.79 Å². The summed E-state index contributed by atoms with van der Waals surface area (Å²) in [6, 6.07) is 31.0. The minimum absolute atomic E-state index is 0.0788. The van der Waals surface area contributed by atoms with E-state index in [2.05, 4.69) is 82.8 Å². The van der Waals surface area contributed by atoms with E-state index in [1.165, 1.54) is 16.3 Å². The molecule has 2 N–H and O–H groups in total. The Morgan fingerprint density at radius 1 is 0.812 bits per heavy atom. The van der Waals surface area contributed by atoms with Gasteiger partial charge in [0.15, 0.2) is 0 Å². The van der Waals surface area contributed by atoms with Crippen LogP contribution < -0.4 is 5.32 Å². The quantitative estimate of drug-likeness (QED) is 0.395. The van der Waals surface area contributed by atoms with Gasteiger partial charge < -0.3 is 15.0 Å². The van der Waals surface area contributed by atoms with Gasteiger partial charge in [0.25, 0.3) is 5.91 Å². The van der Waals surface area contributed by atoms with Crippen LogP contribution in [0, 0.1) is 0 Å². The van der Waals surface area contributed by atoms with E-state index < -0.39 is 0 Å². The summed E-state index contributed by atoms with van der Waals surface area (Å²) in [6.45, 7) is 0.961. The number of hydrogen-bond acceptors (Lipinski definition) is 2. The van der Waals surface area contributed by atoms with Gasteiger partial charge in [0.1, 0.15) is 0 Å². The van der Waals surface area contributed by atoms with E-state index in [1.54, 1.807) is 0 Å². The molecule has 1 aromatic heterocycles. The molecule has 4 nitrogen and oxygen atoms in total. The van der Waals surface area contributed by atoms with E-state index in [0.29, 0.717) is 5.56 Å². The molecule has 1 amide bonds. The van der Waals surface area contributed by atoms with Crippen molar-refractivity contribution >= 4 is 27.6 Å². The molecule has 32 heavy (non-hydrogen) atoms. The predicted octanol–water partition coefficient (Wildman–Crippen LogP) is 5.23. The minimum atomic E-state index is -0.177. The lowest BCUT2D eigenvalue weighted by atomic mass is 9.98. The number of carbonyl (C=O) groups is 1. The largest absolute Gasteiger partial charge is 0.395 e. The topological polar surface area (TPSA) is 54.3 Å². The molecule has 0 saturated carbocycles. The number of hydrogen-bond donors (Lipinski definition) is 2. The highest BCUT2D eigenvalue weighted by atomic mass is 16.3. The van der Waals surface area contributed by atoms with E-state index >= 15 is 0 Å². The highest BCUT2D eigenvalue weighted by molar-refractivity contribution is 6.01. The van der Waals surface area contributed by atoms with Crippen molar-refractivity contribution in [1.82, 2.24) is 9.88 Å². The summed E-state index contributed by atoms with van der Waals surface area (Å²) < 4.78 is 2.25. The van der Waals surface area contributed by atoms with Crippen molar-refractivity contribution in [3.63, 3.8) is 0 Å². The molecule has 0 aliphatic rings. The molecule has 4 aromatic carbocycles. The zero-order chi connectivity index (χ0) is 21.9. The SMILES string of the molecule is O=C(NCCO)c1ccccc1-c1ccc2c(ccn2Cc2ccc3ccccc3c2)c1. The number of fused-ring (bicyclic) bond motifs is 2. The van der Waals surface area contributed by atoms with Gasteiger partial charge in [-0.15, -0.1) is 0 Å². The first-order valence-electron chi connectivity index (χ1n) is 10.8. The Hall–Kier alpha value is -3.89. The van der Waals surface area contributed by atoms with Crippen molar-refractivity contribution in [2.75, 3.05) is 13.2 Å². The van der Waals surface area contributed by atoms with Crippen LogP contribution in [-0.2, 0) is 6.54 Å². The van der Waals surface area contributed by atoms with Crippen LogP contribution >= 0.6 is 0 Å². The van der Waals surface area contributed by atoms with Crippen molar-refractivity contribution in [2.45, 2.75) is 6.54 Å². The van der Waals surface area contributed by atoms with Crippen LogP contribution in [-0.4, -0.2) is 28.7 Å². The maximum atomic E-state index is 12.5. The third kappa shape index (κ3) is 3.88. The molecule has 0 saturated heterocycles. The molecule has 0 fully saturated rings. The van der Waals surface area contributed by atoms with Crippen LogP contribution in [0.15, 0.2) is 97.2 Å². The number of nitrogens with zero attached hydrogens (tertiary/aromatic N) is 1. The van der Waals surface area contributed by atoms with Gasteiger partial charge in [-0.2, -0.15) is 0 Å². The number of carbonyl (C=O) groups excluding carboxylic acids is 1. The number of aliphatic hydroxyl groups excluding tert-OH is 1. The number of amides is 1. The first-order chi connectivity index (χ1) is 15.7. The monoisotopic (exact) mass is 420 g/mol. The lowest BCUT2D eigenvalue weighted by Gasteiger charge is -2.11. The summed E-state index contributed by atoms with van der Waals surface area (Å²) >= 11 is 0. The second kappa shape index (κ2) is 8.69. The second-order valence-electron chi connectivity index (χ2n) is 7.92. The van der Waals surface area contributed by atoms with Crippen molar-refractivity contribution in [3.8, 4) is 11.1 Å². The Balaban J connectivity index is 1.46. The van der Waals surface area contributed by atoms with Crippen LogP contribution in [0.3, 0.4) is 0 Å². The summed E-state index contributed by atoms with van der Waals surface area (Å²) in [5.41, 5.74) is 4.90. The zero-order valence-electron chi connectivity index (χ0n) is 17.7. The van der Waals surface area contributed by atoms with Gasteiger partial charge in [0, 0.05) is 35.8 Å². The van der Waals surface area contributed by atoms with Gasteiger partial charge in [0.2, 0.25) is 0 Å².